The van der Waals surface area contributed by atoms with E-state index in [1.165, 1.54) is 0 Å². The lowest BCUT2D eigenvalue weighted by molar-refractivity contribution is 0.0209. The minimum Gasteiger partial charge on any atom is -0.441 e. The van der Waals surface area contributed by atoms with Gasteiger partial charge in [0, 0.05) is 36.9 Å². The Hall–Kier alpha value is -2.38. The third kappa shape index (κ3) is 4.80. The van der Waals surface area contributed by atoms with E-state index in [0.717, 1.165) is 37.6 Å². The van der Waals surface area contributed by atoms with Gasteiger partial charge in [0.1, 0.15) is 5.76 Å². The third-order valence-electron chi connectivity index (χ3n) is 4.22. The Kier molecular flexibility index (Phi) is 5.67. The molecule has 3 rings (SSSR count). The Bertz CT molecular complexity index is 710. The summed E-state index contributed by atoms with van der Waals surface area (Å²) in [7, 11) is 0. The molecular weight excluding hydrogens is 320 g/mol. The van der Waals surface area contributed by atoms with E-state index in [0.29, 0.717) is 18.1 Å². The number of anilines is 1. The molecule has 134 valence electrons. The van der Waals surface area contributed by atoms with Crippen molar-refractivity contribution in [1.82, 2.24) is 15.2 Å². The molecule has 0 saturated carbocycles. The molecule has 1 aliphatic heterocycles. The number of benzene rings is 1. The van der Waals surface area contributed by atoms with Crippen LogP contribution in [-0.4, -0.2) is 54.8 Å². The fraction of sp³-hybridized carbons (Fsp3) is 0.444. The second-order valence-electron chi connectivity index (χ2n) is 6.19. The van der Waals surface area contributed by atoms with Gasteiger partial charge in [-0.3, -0.25) is 4.90 Å². The molecular formula is C18H24N4O3. The molecule has 1 aliphatic rings. The molecule has 1 unspecified atom stereocenters. The number of hydrogen-bond donors (Lipinski definition) is 2. The highest BCUT2D eigenvalue weighted by atomic mass is 16.5. The molecule has 2 N–H and O–H groups in total. The second kappa shape index (κ2) is 8.13. The van der Waals surface area contributed by atoms with Crippen LogP contribution in [0, 0.1) is 6.92 Å². The fourth-order valence-corrected chi connectivity index (χ4v) is 2.78. The topological polar surface area (TPSA) is 79.6 Å². The zero-order valence-electron chi connectivity index (χ0n) is 14.6. The first-order valence-electron chi connectivity index (χ1n) is 8.51. The van der Waals surface area contributed by atoms with Crippen LogP contribution in [0.25, 0.3) is 11.5 Å². The number of nitrogens with one attached hydrogen (secondary N) is 2. The zero-order chi connectivity index (χ0) is 17.6. The van der Waals surface area contributed by atoms with Gasteiger partial charge in [-0.25, -0.2) is 9.78 Å². The maximum absolute atomic E-state index is 12.1. The normalized spacial score (nSPS) is 16.4. The monoisotopic (exact) mass is 344 g/mol. The summed E-state index contributed by atoms with van der Waals surface area (Å²) in [6.45, 7) is 7.86. The molecule has 7 nitrogen and oxygen atoms in total. The Labute approximate surface area is 147 Å². The van der Waals surface area contributed by atoms with Crippen LogP contribution in [0.2, 0.25) is 0 Å². The van der Waals surface area contributed by atoms with Crippen molar-refractivity contribution < 1.29 is 13.9 Å². The van der Waals surface area contributed by atoms with Gasteiger partial charge in [-0.1, -0.05) is 6.07 Å². The highest BCUT2D eigenvalue weighted by Crippen LogP contribution is 2.22. The number of amides is 2. The number of carbonyl (C=O) groups excluding carboxylic acids is 1. The molecule has 1 saturated heterocycles. The lowest BCUT2D eigenvalue weighted by Gasteiger charge is -2.32. The molecule has 1 aromatic heterocycles. The smallest absolute Gasteiger partial charge is 0.319 e. The summed E-state index contributed by atoms with van der Waals surface area (Å²) in [6, 6.07) is 7.49. The van der Waals surface area contributed by atoms with Crippen LogP contribution in [0.3, 0.4) is 0 Å². The molecule has 0 radical (unpaired) electrons. The highest BCUT2D eigenvalue weighted by molar-refractivity contribution is 5.89. The van der Waals surface area contributed by atoms with Crippen molar-refractivity contribution in [3.8, 4) is 11.5 Å². The maximum atomic E-state index is 12.1. The summed E-state index contributed by atoms with van der Waals surface area (Å²) in [5.41, 5.74) is 1.53. The summed E-state index contributed by atoms with van der Waals surface area (Å²) >= 11 is 0. The number of hydrogen-bond acceptors (Lipinski definition) is 5. The van der Waals surface area contributed by atoms with Gasteiger partial charge in [-0.2, -0.15) is 0 Å². The van der Waals surface area contributed by atoms with Gasteiger partial charge >= 0.3 is 6.03 Å². The fourth-order valence-electron chi connectivity index (χ4n) is 2.78. The summed E-state index contributed by atoms with van der Waals surface area (Å²) in [4.78, 5) is 18.7. The Balaban J connectivity index is 1.52. The van der Waals surface area contributed by atoms with Crippen LogP contribution >= 0.6 is 0 Å². The van der Waals surface area contributed by atoms with E-state index in [9.17, 15) is 4.79 Å². The molecule has 7 heteroatoms. The van der Waals surface area contributed by atoms with E-state index in [4.69, 9.17) is 9.15 Å². The van der Waals surface area contributed by atoms with Crippen molar-refractivity contribution in [2.24, 2.45) is 0 Å². The standard InChI is InChI=1S/C18H24N4O3/c1-13(22-6-8-24-9-7-22)11-20-18(23)21-16-5-3-4-15(10-16)17-19-12-14(2)25-17/h3-5,10,12-13H,6-9,11H2,1-2H3,(H2,20,21,23). The molecule has 1 fully saturated rings. The Morgan fingerprint density at radius 2 is 2.16 bits per heavy atom. The summed E-state index contributed by atoms with van der Waals surface area (Å²) in [5, 5.41) is 5.77. The van der Waals surface area contributed by atoms with Crippen molar-refractivity contribution in [3.05, 3.63) is 36.2 Å². The average Bonchev–Trinajstić information content (AvgIpc) is 3.07. The maximum Gasteiger partial charge on any atom is 0.319 e. The Morgan fingerprint density at radius 3 is 2.88 bits per heavy atom. The van der Waals surface area contributed by atoms with Crippen LogP contribution in [0.4, 0.5) is 10.5 Å². The molecule has 25 heavy (non-hydrogen) atoms. The van der Waals surface area contributed by atoms with Crippen molar-refractivity contribution in [3.63, 3.8) is 0 Å². The van der Waals surface area contributed by atoms with Gasteiger partial charge < -0.3 is 19.8 Å². The van der Waals surface area contributed by atoms with Crippen molar-refractivity contribution in [2.75, 3.05) is 38.2 Å². The predicted octanol–water partition coefficient (Wildman–Crippen LogP) is 2.49. The SMILES string of the molecule is Cc1cnc(-c2cccc(NC(=O)NCC(C)N3CCOCC3)c2)o1. The van der Waals surface area contributed by atoms with Crippen LogP contribution in [0.15, 0.2) is 34.9 Å². The lowest BCUT2D eigenvalue weighted by atomic mass is 10.2. The number of rotatable bonds is 5. The molecule has 0 bridgehead atoms. The zero-order valence-corrected chi connectivity index (χ0v) is 14.6. The number of morpholine rings is 1. The van der Waals surface area contributed by atoms with E-state index in [1.807, 2.05) is 31.2 Å². The number of carbonyl (C=O) groups is 1. The first kappa shape index (κ1) is 17.4. The van der Waals surface area contributed by atoms with Gasteiger partial charge in [-0.15, -0.1) is 0 Å². The van der Waals surface area contributed by atoms with Crippen LogP contribution in [-0.2, 0) is 4.74 Å². The lowest BCUT2D eigenvalue weighted by Crippen LogP contribution is -2.47. The third-order valence-corrected chi connectivity index (χ3v) is 4.22. The van der Waals surface area contributed by atoms with Crippen LogP contribution < -0.4 is 10.6 Å². The van der Waals surface area contributed by atoms with E-state index >= 15 is 0 Å². The highest BCUT2D eigenvalue weighted by Gasteiger charge is 2.17. The Morgan fingerprint density at radius 1 is 1.36 bits per heavy atom. The molecule has 2 heterocycles. The van der Waals surface area contributed by atoms with E-state index in [2.05, 4.69) is 27.4 Å². The first-order chi connectivity index (χ1) is 12.1. The van der Waals surface area contributed by atoms with Crippen molar-refractivity contribution in [1.29, 1.82) is 0 Å². The van der Waals surface area contributed by atoms with Gasteiger partial charge in [0.15, 0.2) is 0 Å². The largest absolute Gasteiger partial charge is 0.441 e. The molecule has 0 aliphatic carbocycles. The number of urea groups is 1. The molecule has 0 spiro atoms. The van der Waals surface area contributed by atoms with Gasteiger partial charge in [0.05, 0.1) is 19.4 Å². The quantitative estimate of drug-likeness (QED) is 0.871. The number of nitrogens with zero attached hydrogens (tertiary/aromatic N) is 2. The summed E-state index contributed by atoms with van der Waals surface area (Å²) in [6.07, 6.45) is 1.68. The van der Waals surface area contributed by atoms with E-state index < -0.39 is 0 Å². The number of aromatic nitrogens is 1. The predicted molar refractivity (Wildman–Crippen MR) is 95.6 cm³/mol. The summed E-state index contributed by atoms with van der Waals surface area (Å²) < 4.78 is 10.9. The second-order valence-corrected chi connectivity index (χ2v) is 6.19. The number of oxazole rings is 1. The summed E-state index contributed by atoms with van der Waals surface area (Å²) in [5.74, 6) is 1.30. The van der Waals surface area contributed by atoms with Crippen molar-refractivity contribution >= 4 is 11.7 Å². The minimum atomic E-state index is -0.221. The van der Waals surface area contributed by atoms with Gasteiger partial charge in [-0.05, 0) is 32.0 Å². The number of ether oxygens (including phenoxy) is 1. The molecule has 2 aromatic rings. The van der Waals surface area contributed by atoms with E-state index in [1.54, 1.807) is 6.20 Å². The first-order valence-corrected chi connectivity index (χ1v) is 8.51. The molecule has 1 aromatic carbocycles. The average molecular weight is 344 g/mol. The van der Waals surface area contributed by atoms with Crippen LogP contribution in [0.1, 0.15) is 12.7 Å². The van der Waals surface area contributed by atoms with Crippen LogP contribution in [0.5, 0.6) is 0 Å². The van der Waals surface area contributed by atoms with Gasteiger partial charge in [0.25, 0.3) is 0 Å². The van der Waals surface area contributed by atoms with Gasteiger partial charge in [0.2, 0.25) is 5.89 Å². The molecule has 1 atom stereocenters. The molecule has 2 amide bonds. The number of aryl methyl sites for hydroxylation is 1. The van der Waals surface area contributed by atoms with E-state index in [-0.39, 0.29) is 12.1 Å². The van der Waals surface area contributed by atoms with Crippen molar-refractivity contribution in [2.45, 2.75) is 19.9 Å². The minimum absolute atomic E-state index is 0.221.